The van der Waals surface area contributed by atoms with Gasteiger partial charge in [-0.15, -0.1) is 0 Å². The number of hydrogen-bond acceptors (Lipinski definition) is 3. The van der Waals surface area contributed by atoms with Crippen LogP contribution in [0.4, 0.5) is 51.2 Å². The SMILES string of the molecule is CC1CC=CC2=C1c1ccc(N(c3ccc4c(c3)C(C)(C)c3ccccc3-4)c3cc4c5c(c3)C(C)(C)c3cc(-c6ccc(N(c7ccccc7)c7ccccc7)cc6)ccc3N5c3ccccc3C4(C)C)cc1C2(C)C. The molecular weight excluding hydrogens is 919 g/mol. The summed E-state index contributed by atoms with van der Waals surface area (Å²) in [5.74, 6) is 0.486. The van der Waals surface area contributed by atoms with Crippen LogP contribution >= 0.6 is 0 Å². The van der Waals surface area contributed by atoms with Crippen molar-refractivity contribution in [3.63, 3.8) is 0 Å². The third-order valence-corrected chi connectivity index (χ3v) is 18.4. The number of rotatable bonds is 7. The highest BCUT2D eigenvalue weighted by Crippen LogP contribution is 2.62. The molecule has 0 bridgehead atoms. The van der Waals surface area contributed by atoms with E-state index in [1.165, 1.54) is 112 Å². The van der Waals surface area contributed by atoms with Crippen molar-refractivity contribution in [2.24, 2.45) is 5.92 Å². The van der Waals surface area contributed by atoms with E-state index in [0.29, 0.717) is 5.92 Å². The monoisotopic (exact) mass is 984 g/mol. The van der Waals surface area contributed by atoms with E-state index in [0.717, 1.165) is 23.5 Å². The van der Waals surface area contributed by atoms with E-state index in [1.807, 2.05) is 0 Å². The van der Waals surface area contributed by atoms with Crippen LogP contribution in [0, 0.1) is 5.92 Å². The van der Waals surface area contributed by atoms with Gasteiger partial charge in [-0.1, -0.05) is 184 Å². The van der Waals surface area contributed by atoms with Gasteiger partial charge in [-0.25, -0.2) is 0 Å². The smallest absolute Gasteiger partial charge is 0.0545 e. The summed E-state index contributed by atoms with van der Waals surface area (Å²) in [6, 6.07) is 75.6. The van der Waals surface area contributed by atoms with Gasteiger partial charge < -0.3 is 14.7 Å². The van der Waals surface area contributed by atoms with Gasteiger partial charge in [0.25, 0.3) is 0 Å². The van der Waals surface area contributed by atoms with Gasteiger partial charge in [0.2, 0.25) is 0 Å². The van der Waals surface area contributed by atoms with Crippen LogP contribution in [0.15, 0.2) is 218 Å². The van der Waals surface area contributed by atoms with Crippen LogP contribution < -0.4 is 14.7 Å². The number of allylic oxidation sites excluding steroid dienone is 4. The maximum atomic E-state index is 2.60. The van der Waals surface area contributed by atoms with Crippen molar-refractivity contribution < 1.29 is 0 Å². The average Bonchev–Trinajstić information content (AvgIpc) is 3.96. The number of anilines is 9. The summed E-state index contributed by atoms with van der Waals surface area (Å²) in [4.78, 5) is 7.53. The largest absolute Gasteiger partial charge is 0.311 e. The second-order valence-electron chi connectivity index (χ2n) is 24.2. The van der Waals surface area contributed by atoms with Gasteiger partial charge in [0.1, 0.15) is 0 Å². The molecular formula is C73H65N3. The fourth-order valence-corrected chi connectivity index (χ4v) is 14.3. The minimum atomic E-state index is -0.375. The zero-order valence-electron chi connectivity index (χ0n) is 45.3. The highest BCUT2D eigenvalue weighted by molar-refractivity contribution is 5.97. The van der Waals surface area contributed by atoms with E-state index < -0.39 is 0 Å². The molecule has 14 rings (SSSR count). The molecule has 5 aliphatic rings. The first-order valence-corrected chi connectivity index (χ1v) is 27.5. The Balaban J connectivity index is 0.955. The molecule has 0 amide bonds. The number of hydrogen-bond donors (Lipinski definition) is 0. The van der Waals surface area contributed by atoms with E-state index in [4.69, 9.17) is 0 Å². The maximum Gasteiger partial charge on any atom is 0.0545 e. The molecule has 0 saturated heterocycles. The standard InChI is InChI=1S/C73H65N3/c1-46-21-20-29-60-68(46)57-39-37-53(43-62(57)72(60,6)7)75(52-36-38-56-55-26-16-17-27-58(55)70(2,3)61(56)42-52)54-44-64-69-65(45-54)73(8,9)63-41-48(33-40-67(63)76(69)66-30-19-18-28-59(66)71(64,4)5)47-31-34-51(35-32-47)74(49-22-12-10-13-23-49)50-24-14-11-15-25-50/h10-20,22-46H,21H2,1-9H3. The second kappa shape index (κ2) is 16.4. The number of para-hydroxylation sites is 3. The summed E-state index contributed by atoms with van der Waals surface area (Å²) in [6.45, 7) is 21.9. The van der Waals surface area contributed by atoms with Crippen LogP contribution in [0.5, 0.6) is 0 Å². The first-order valence-electron chi connectivity index (χ1n) is 27.5. The van der Waals surface area contributed by atoms with Crippen molar-refractivity contribution in [3.05, 3.63) is 262 Å². The molecule has 2 heterocycles. The van der Waals surface area contributed by atoms with Crippen LogP contribution in [0.2, 0.25) is 0 Å². The van der Waals surface area contributed by atoms with Crippen molar-refractivity contribution in [1.82, 2.24) is 0 Å². The summed E-state index contributed by atoms with van der Waals surface area (Å²) in [5, 5.41) is 0. The highest BCUT2D eigenvalue weighted by Gasteiger charge is 2.47. The summed E-state index contributed by atoms with van der Waals surface area (Å²) in [5.41, 5.74) is 28.8. The van der Waals surface area contributed by atoms with Gasteiger partial charge in [0.15, 0.2) is 0 Å². The van der Waals surface area contributed by atoms with E-state index >= 15 is 0 Å². The molecule has 0 saturated carbocycles. The molecule has 9 aromatic rings. The van der Waals surface area contributed by atoms with Gasteiger partial charge >= 0.3 is 0 Å². The average molecular weight is 984 g/mol. The number of benzene rings is 9. The zero-order valence-corrected chi connectivity index (χ0v) is 45.3. The Morgan fingerprint density at radius 1 is 0.368 bits per heavy atom. The van der Waals surface area contributed by atoms with Gasteiger partial charge in [-0.05, 0) is 181 Å². The van der Waals surface area contributed by atoms with Gasteiger partial charge in [0.05, 0.1) is 17.1 Å². The number of fused-ring (bicyclic) bond motifs is 9. The van der Waals surface area contributed by atoms with Crippen molar-refractivity contribution in [2.75, 3.05) is 14.7 Å². The highest BCUT2D eigenvalue weighted by atomic mass is 15.2. The summed E-state index contributed by atoms with van der Waals surface area (Å²) in [6.07, 6.45) is 5.89. The van der Waals surface area contributed by atoms with Crippen molar-refractivity contribution in [2.45, 2.75) is 90.4 Å². The lowest BCUT2D eigenvalue weighted by Crippen LogP contribution is -2.38. The molecule has 0 radical (unpaired) electrons. The topological polar surface area (TPSA) is 9.72 Å². The minimum absolute atomic E-state index is 0.125. The molecule has 9 aromatic carbocycles. The van der Waals surface area contributed by atoms with Crippen molar-refractivity contribution in [1.29, 1.82) is 0 Å². The van der Waals surface area contributed by atoms with Crippen LogP contribution in [0.25, 0.3) is 27.8 Å². The van der Waals surface area contributed by atoms with Gasteiger partial charge in [-0.2, -0.15) is 0 Å². The normalized spacial score (nSPS) is 17.9. The molecule has 0 N–H and O–H groups in total. The molecule has 3 heteroatoms. The minimum Gasteiger partial charge on any atom is -0.311 e. The Labute approximate surface area is 450 Å². The second-order valence-corrected chi connectivity index (χ2v) is 24.2. The Bertz CT molecular complexity index is 3880. The Kier molecular flexibility index (Phi) is 10.0. The first kappa shape index (κ1) is 46.4. The fourth-order valence-electron chi connectivity index (χ4n) is 14.3. The third-order valence-electron chi connectivity index (χ3n) is 18.4. The molecule has 3 aliphatic carbocycles. The van der Waals surface area contributed by atoms with E-state index in [9.17, 15) is 0 Å². The molecule has 76 heavy (non-hydrogen) atoms. The Morgan fingerprint density at radius 3 is 1.51 bits per heavy atom. The molecule has 372 valence electrons. The lowest BCUT2D eigenvalue weighted by molar-refractivity contribution is 0.597. The molecule has 0 spiro atoms. The molecule has 0 fully saturated rings. The predicted octanol–water partition coefficient (Wildman–Crippen LogP) is 20.0. The van der Waals surface area contributed by atoms with Crippen LogP contribution in [0.1, 0.15) is 113 Å². The molecule has 1 atom stereocenters. The Hall–Kier alpha value is -8.14. The van der Waals surface area contributed by atoms with Crippen LogP contribution in [-0.4, -0.2) is 0 Å². The third kappa shape index (κ3) is 6.60. The number of nitrogens with zero attached hydrogens (tertiary/aromatic N) is 3. The quantitative estimate of drug-likeness (QED) is 0.158. The molecule has 2 aliphatic heterocycles. The van der Waals surface area contributed by atoms with E-state index in [2.05, 4.69) is 289 Å². The summed E-state index contributed by atoms with van der Waals surface area (Å²) in [7, 11) is 0. The Morgan fingerprint density at radius 2 is 0.842 bits per heavy atom. The van der Waals surface area contributed by atoms with Crippen molar-refractivity contribution >= 4 is 56.8 Å². The van der Waals surface area contributed by atoms with Crippen LogP contribution in [-0.2, 0) is 21.7 Å². The maximum absolute atomic E-state index is 2.60. The van der Waals surface area contributed by atoms with Gasteiger partial charge in [0, 0.05) is 55.8 Å². The van der Waals surface area contributed by atoms with E-state index in [1.54, 1.807) is 0 Å². The van der Waals surface area contributed by atoms with Crippen molar-refractivity contribution in [3.8, 4) is 22.3 Å². The summed E-state index contributed by atoms with van der Waals surface area (Å²) >= 11 is 0. The first-order chi connectivity index (χ1) is 36.6. The molecule has 1 unspecified atom stereocenters. The lowest BCUT2D eigenvalue weighted by Gasteiger charge is -2.50. The molecule has 3 nitrogen and oxygen atoms in total. The lowest BCUT2D eigenvalue weighted by atomic mass is 9.66. The van der Waals surface area contributed by atoms with Crippen LogP contribution in [0.3, 0.4) is 0 Å². The fraction of sp³-hybridized carbons (Fsp3) is 0.205. The molecule has 0 aromatic heterocycles. The summed E-state index contributed by atoms with van der Waals surface area (Å²) < 4.78 is 0. The van der Waals surface area contributed by atoms with E-state index in [-0.39, 0.29) is 21.7 Å². The predicted molar refractivity (Wildman–Crippen MR) is 321 cm³/mol. The zero-order chi connectivity index (χ0) is 52.0. The van der Waals surface area contributed by atoms with Gasteiger partial charge in [-0.3, -0.25) is 0 Å².